The third-order valence-corrected chi connectivity index (χ3v) is 4.13. The van der Waals surface area contributed by atoms with Crippen LogP contribution in [0.5, 0.6) is 0 Å². The average molecular weight is 326 g/mol. The molecule has 5 heteroatoms. The third-order valence-electron chi connectivity index (χ3n) is 3.97. The number of nitrogens with one attached hydrogen (secondary N) is 2. The average Bonchev–Trinajstić information content (AvgIpc) is 2.91. The second-order valence-electron chi connectivity index (χ2n) is 5.32. The third kappa shape index (κ3) is 3.35. The van der Waals surface area contributed by atoms with Gasteiger partial charge in [-0.3, -0.25) is 0 Å². The highest BCUT2D eigenvalue weighted by Gasteiger charge is 2.28. The number of ether oxygens (including phenoxy) is 1. The van der Waals surface area contributed by atoms with E-state index in [0.717, 1.165) is 0 Å². The Labute approximate surface area is 140 Å². The van der Waals surface area contributed by atoms with Crippen LogP contribution in [0.1, 0.15) is 17.0 Å². The molecule has 2 N–H and O–H groups in total. The van der Waals surface area contributed by atoms with Crippen molar-refractivity contribution in [3.63, 3.8) is 0 Å². The molecule has 0 radical (unpaired) electrons. The van der Waals surface area contributed by atoms with E-state index in [1.54, 1.807) is 0 Å². The van der Waals surface area contributed by atoms with Crippen LogP contribution in [0.3, 0.4) is 0 Å². The van der Waals surface area contributed by atoms with Gasteiger partial charge in [0, 0.05) is 19.0 Å². The Kier molecular flexibility index (Phi) is 4.88. The van der Waals surface area contributed by atoms with Crippen molar-refractivity contribution in [3.8, 4) is 11.1 Å². The molecule has 0 heterocycles. The fourth-order valence-electron chi connectivity index (χ4n) is 2.95. The Morgan fingerprint density at radius 2 is 1.65 bits per heavy atom. The van der Waals surface area contributed by atoms with E-state index in [9.17, 15) is 4.79 Å². The van der Waals surface area contributed by atoms with Gasteiger partial charge in [-0.05, 0) is 22.3 Å². The Hall–Kier alpha value is -2.40. The lowest BCUT2D eigenvalue weighted by molar-refractivity contribution is 0.143. The maximum atomic E-state index is 11.8. The second-order valence-corrected chi connectivity index (χ2v) is 5.56. The van der Waals surface area contributed by atoms with E-state index in [-0.39, 0.29) is 5.92 Å². The molecular weight excluding hydrogens is 308 g/mol. The molecule has 23 heavy (non-hydrogen) atoms. The lowest BCUT2D eigenvalue weighted by Gasteiger charge is -2.14. The minimum Gasteiger partial charge on any atom is -0.449 e. The highest BCUT2D eigenvalue weighted by atomic mass is 32.1. The van der Waals surface area contributed by atoms with Gasteiger partial charge in [-0.15, -0.1) is 0 Å². The number of carbonyl (C=O) groups is 1. The van der Waals surface area contributed by atoms with E-state index in [0.29, 0.717) is 19.7 Å². The fraction of sp³-hybridized carbons (Fsp3) is 0.222. The molecule has 1 aliphatic rings. The van der Waals surface area contributed by atoms with Crippen LogP contribution in [-0.4, -0.2) is 31.3 Å². The summed E-state index contributed by atoms with van der Waals surface area (Å²) in [6, 6.07) is 16.6. The smallest absolute Gasteiger partial charge is 0.407 e. The van der Waals surface area contributed by atoms with E-state index in [2.05, 4.69) is 47.1 Å². The van der Waals surface area contributed by atoms with Crippen LogP contribution in [0.2, 0.25) is 0 Å². The van der Waals surface area contributed by atoms with E-state index < -0.39 is 6.09 Å². The summed E-state index contributed by atoms with van der Waals surface area (Å²) in [6.07, 6.45) is -0.405. The first-order valence-corrected chi connectivity index (χ1v) is 8.04. The van der Waals surface area contributed by atoms with E-state index in [1.807, 2.05) is 24.3 Å². The number of benzene rings is 2. The van der Waals surface area contributed by atoms with Crippen LogP contribution in [0.25, 0.3) is 11.1 Å². The van der Waals surface area contributed by atoms with Crippen LogP contribution in [-0.2, 0) is 4.74 Å². The van der Waals surface area contributed by atoms with Gasteiger partial charge in [-0.2, -0.15) is 0 Å². The Bertz CT molecular complexity index is 672. The number of rotatable bonds is 6. The lowest BCUT2D eigenvalue weighted by atomic mass is 9.98. The molecule has 1 aliphatic carbocycles. The number of alkyl carbamates (subject to hydrolysis) is 1. The molecule has 1 amide bonds. The number of hydrogen-bond acceptors (Lipinski definition) is 3. The van der Waals surface area contributed by atoms with Gasteiger partial charge in [-0.25, -0.2) is 4.79 Å². The summed E-state index contributed by atoms with van der Waals surface area (Å²) in [7, 11) is 0. The monoisotopic (exact) mass is 326 g/mol. The van der Waals surface area contributed by atoms with Crippen molar-refractivity contribution >= 4 is 23.8 Å². The van der Waals surface area contributed by atoms with Crippen molar-refractivity contribution in [2.75, 3.05) is 19.7 Å². The predicted molar refractivity (Wildman–Crippen MR) is 94.7 cm³/mol. The van der Waals surface area contributed by atoms with Crippen molar-refractivity contribution in [3.05, 3.63) is 59.7 Å². The van der Waals surface area contributed by atoms with Crippen molar-refractivity contribution in [1.82, 2.24) is 10.6 Å². The minimum absolute atomic E-state index is 0.0900. The van der Waals surface area contributed by atoms with Crippen LogP contribution in [0, 0.1) is 0 Å². The zero-order valence-electron chi connectivity index (χ0n) is 12.6. The molecule has 0 saturated carbocycles. The Morgan fingerprint density at radius 3 is 2.26 bits per heavy atom. The van der Waals surface area contributed by atoms with E-state index in [1.165, 1.54) is 27.7 Å². The Balaban J connectivity index is 1.66. The van der Waals surface area contributed by atoms with Gasteiger partial charge in [0.1, 0.15) is 6.61 Å². The molecule has 0 spiro atoms. The van der Waals surface area contributed by atoms with E-state index >= 15 is 0 Å². The largest absolute Gasteiger partial charge is 0.449 e. The summed E-state index contributed by atoms with van der Waals surface area (Å²) in [5, 5.41) is 5.55. The lowest BCUT2D eigenvalue weighted by Crippen LogP contribution is -2.32. The zero-order valence-corrected chi connectivity index (χ0v) is 13.4. The normalized spacial score (nSPS) is 12.2. The van der Waals surface area contributed by atoms with Crippen molar-refractivity contribution in [2.45, 2.75) is 5.92 Å². The van der Waals surface area contributed by atoms with Crippen LogP contribution in [0.4, 0.5) is 4.79 Å². The number of amides is 1. The first kappa shape index (κ1) is 15.5. The summed E-state index contributed by atoms with van der Waals surface area (Å²) < 4.78 is 5.41. The molecule has 0 aromatic heterocycles. The number of fused-ring (bicyclic) bond motifs is 3. The SMILES string of the molecule is O=C(NCCNC=S)OCC1c2ccccc2-c2ccccc21. The number of hydrogen-bond donors (Lipinski definition) is 2. The first-order chi connectivity index (χ1) is 11.3. The quantitative estimate of drug-likeness (QED) is 0.633. The molecule has 0 saturated heterocycles. The van der Waals surface area contributed by atoms with Gasteiger partial charge in [0.25, 0.3) is 0 Å². The van der Waals surface area contributed by atoms with Gasteiger partial charge in [-0.1, -0.05) is 60.7 Å². The molecule has 2 aromatic carbocycles. The Morgan fingerprint density at radius 1 is 1.04 bits per heavy atom. The predicted octanol–water partition coefficient (Wildman–Crippen LogP) is 3.07. The summed E-state index contributed by atoms with van der Waals surface area (Å²) >= 11 is 4.65. The topological polar surface area (TPSA) is 50.4 Å². The van der Waals surface area contributed by atoms with Crippen LogP contribution >= 0.6 is 12.2 Å². The second kappa shape index (κ2) is 7.24. The van der Waals surface area contributed by atoms with Gasteiger partial charge in [0.2, 0.25) is 0 Å². The summed E-state index contributed by atoms with van der Waals surface area (Å²) in [6.45, 7) is 1.40. The maximum absolute atomic E-state index is 11.8. The maximum Gasteiger partial charge on any atom is 0.407 e. The summed E-state index contributed by atoms with van der Waals surface area (Å²) in [5.41, 5.74) is 6.30. The van der Waals surface area contributed by atoms with Gasteiger partial charge < -0.3 is 15.4 Å². The van der Waals surface area contributed by atoms with Crippen LogP contribution < -0.4 is 10.6 Å². The first-order valence-electron chi connectivity index (χ1n) is 7.57. The summed E-state index contributed by atoms with van der Waals surface area (Å²) in [4.78, 5) is 11.8. The van der Waals surface area contributed by atoms with Crippen LogP contribution in [0.15, 0.2) is 48.5 Å². The molecule has 0 aliphatic heterocycles. The van der Waals surface area contributed by atoms with Gasteiger partial charge in [0.15, 0.2) is 0 Å². The van der Waals surface area contributed by atoms with Gasteiger partial charge >= 0.3 is 6.09 Å². The van der Waals surface area contributed by atoms with Crippen molar-refractivity contribution in [2.24, 2.45) is 0 Å². The van der Waals surface area contributed by atoms with E-state index in [4.69, 9.17) is 4.74 Å². The number of thiocarbonyl (C=S) groups is 1. The molecular formula is C18H18N2O2S. The van der Waals surface area contributed by atoms with Crippen molar-refractivity contribution in [1.29, 1.82) is 0 Å². The zero-order chi connectivity index (χ0) is 16.1. The minimum atomic E-state index is -0.405. The molecule has 2 aromatic rings. The fourth-order valence-corrected chi connectivity index (χ4v) is 3.06. The highest BCUT2D eigenvalue weighted by Crippen LogP contribution is 2.44. The van der Waals surface area contributed by atoms with Gasteiger partial charge in [0.05, 0.1) is 5.49 Å². The molecule has 4 nitrogen and oxygen atoms in total. The molecule has 0 atom stereocenters. The number of carbonyl (C=O) groups excluding carboxylic acids is 1. The summed E-state index contributed by atoms with van der Waals surface area (Å²) in [5.74, 6) is 0.0900. The molecule has 0 fully saturated rings. The molecule has 0 unspecified atom stereocenters. The van der Waals surface area contributed by atoms with Crippen molar-refractivity contribution < 1.29 is 9.53 Å². The molecule has 3 rings (SSSR count). The molecule has 118 valence electrons. The molecule has 0 bridgehead atoms. The standard InChI is InChI=1S/C18H18N2O2S/c21-18(20-10-9-19-12-23)22-11-17-15-7-3-1-5-13(15)14-6-2-4-8-16(14)17/h1-8,12,17H,9-11H2,(H,19,23)(H,20,21). The highest BCUT2D eigenvalue weighted by molar-refractivity contribution is 7.78.